The molecule has 0 saturated carbocycles. The number of hydrogen-bond donors (Lipinski definition) is 0. The number of hydrogen-bond acceptors (Lipinski definition) is 3. The topological polar surface area (TPSA) is 51.2 Å². The molecule has 0 saturated heterocycles. The average Bonchev–Trinajstić information content (AvgIpc) is 2.71. The fourth-order valence-electron chi connectivity index (χ4n) is 3.59. The molecule has 2 aromatic rings. The number of aryl methyl sites for hydroxylation is 2. The maximum atomic E-state index is 12.0. The van der Waals surface area contributed by atoms with Gasteiger partial charge < -0.3 is 0 Å². The molecular weight excluding hydrogens is 367 g/mol. The van der Waals surface area contributed by atoms with E-state index in [0.29, 0.717) is 0 Å². The fourth-order valence-corrected chi connectivity index (χ4v) is 6.73. The second-order valence-electron chi connectivity index (χ2n) is 6.74. The summed E-state index contributed by atoms with van der Waals surface area (Å²) < 4.78 is 0. The van der Waals surface area contributed by atoms with E-state index >= 15 is 0 Å². The Kier molecular flexibility index (Phi) is 5.86. The molecule has 28 heavy (non-hydrogen) atoms. The quantitative estimate of drug-likeness (QED) is 0.601. The molecule has 3 rings (SSSR count). The molecule has 3 nitrogen and oxygen atoms in total. The minimum absolute atomic E-state index is 0.0322. The monoisotopic (exact) mass is 386 g/mol. The zero-order valence-electron chi connectivity index (χ0n) is 15.9. The molecule has 0 heterocycles. The first kappa shape index (κ1) is 19.7. The molecule has 1 aliphatic rings. The second-order valence-corrected chi connectivity index (χ2v) is 8.96. The second kappa shape index (κ2) is 8.32. The summed E-state index contributed by atoms with van der Waals surface area (Å²) in [6, 6.07) is 16.1. The summed E-state index contributed by atoms with van der Waals surface area (Å²) in [4.78, 5) is 34.9. The summed E-state index contributed by atoms with van der Waals surface area (Å²) in [6.07, 6.45) is 1.64. The van der Waals surface area contributed by atoms with Crippen LogP contribution in [0.1, 0.15) is 18.1 Å². The molecule has 0 aromatic heterocycles. The first-order valence-electron chi connectivity index (χ1n) is 8.88. The molecule has 1 unspecified atom stereocenters. The van der Waals surface area contributed by atoms with Crippen molar-refractivity contribution in [1.82, 2.24) is 0 Å². The lowest BCUT2D eigenvalue weighted by molar-refractivity contribution is 0.562. The van der Waals surface area contributed by atoms with Gasteiger partial charge in [0, 0.05) is 5.66 Å². The van der Waals surface area contributed by atoms with Crippen LogP contribution in [0.3, 0.4) is 0 Å². The Labute approximate surface area is 165 Å². The van der Waals surface area contributed by atoms with Gasteiger partial charge in [0.25, 0.3) is 0 Å². The molecule has 1 aliphatic carbocycles. The van der Waals surface area contributed by atoms with Gasteiger partial charge in [-0.1, -0.05) is 54.1 Å². The summed E-state index contributed by atoms with van der Waals surface area (Å²) in [6.45, 7) is 5.97. The van der Waals surface area contributed by atoms with Crippen molar-refractivity contribution in [3.8, 4) is 0 Å². The average molecular weight is 386 g/mol. The Hall–Kier alpha value is -3.04. The highest BCUT2D eigenvalue weighted by Crippen LogP contribution is 2.51. The first-order chi connectivity index (χ1) is 13.5. The van der Waals surface area contributed by atoms with Gasteiger partial charge in [-0.25, -0.2) is 14.4 Å². The van der Waals surface area contributed by atoms with E-state index in [1.807, 2.05) is 63.1 Å². The molecule has 138 valence electrons. The third-order valence-electron chi connectivity index (χ3n) is 4.95. The number of carbonyl (C=O) groups excluding carboxylic acids is 3. The number of benzene rings is 2. The molecular formula is C24H19O3P. The van der Waals surface area contributed by atoms with Crippen molar-refractivity contribution in [3.63, 3.8) is 0 Å². The Morgan fingerprint density at radius 1 is 0.750 bits per heavy atom. The van der Waals surface area contributed by atoms with E-state index < -0.39 is 7.92 Å². The summed E-state index contributed by atoms with van der Waals surface area (Å²) in [5.41, 5.74) is 2.93. The van der Waals surface area contributed by atoms with Crippen molar-refractivity contribution in [3.05, 3.63) is 88.0 Å². The third kappa shape index (κ3) is 3.41. The molecule has 0 amide bonds. The summed E-state index contributed by atoms with van der Waals surface area (Å²) in [5, 5.41) is 2.25. The van der Waals surface area contributed by atoms with Crippen molar-refractivity contribution in [2.45, 2.75) is 26.4 Å². The molecule has 4 heteroatoms. The van der Waals surface area contributed by atoms with Gasteiger partial charge in [0.1, 0.15) is 17.8 Å². The third-order valence-corrected chi connectivity index (χ3v) is 8.17. The molecule has 0 spiro atoms. The lowest BCUT2D eigenvalue weighted by Gasteiger charge is -2.34. The Morgan fingerprint density at radius 3 is 1.71 bits per heavy atom. The lowest BCUT2D eigenvalue weighted by Crippen LogP contribution is -2.30. The maximum absolute atomic E-state index is 12.0. The molecule has 0 bridgehead atoms. The summed E-state index contributed by atoms with van der Waals surface area (Å²) >= 11 is 0. The van der Waals surface area contributed by atoms with Crippen LogP contribution in [0.2, 0.25) is 0 Å². The molecule has 1 atom stereocenters. The van der Waals surface area contributed by atoms with E-state index in [2.05, 4.69) is 12.1 Å². The van der Waals surface area contributed by atoms with Gasteiger partial charge >= 0.3 is 0 Å². The molecule has 2 aromatic carbocycles. The van der Waals surface area contributed by atoms with Gasteiger partial charge in [0.15, 0.2) is 0 Å². The summed E-state index contributed by atoms with van der Waals surface area (Å²) in [5.74, 6) is 5.49. The van der Waals surface area contributed by atoms with Crippen molar-refractivity contribution in [2.24, 2.45) is 0 Å². The molecule has 0 N–H and O–H groups in total. The van der Waals surface area contributed by atoms with E-state index in [1.54, 1.807) is 18.0 Å². The predicted molar refractivity (Wildman–Crippen MR) is 114 cm³/mol. The Morgan fingerprint density at radius 2 is 1.29 bits per heavy atom. The molecule has 0 radical (unpaired) electrons. The lowest BCUT2D eigenvalue weighted by atomic mass is 9.88. The van der Waals surface area contributed by atoms with E-state index in [1.165, 1.54) is 0 Å². The van der Waals surface area contributed by atoms with Crippen LogP contribution in [0.25, 0.3) is 0 Å². The van der Waals surface area contributed by atoms with E-state index in [4.69, 9.17) is 0 Å². The van der Waals surface area contributed by atoms with E-state index in [-0.39, 0.29) is 22.4 Å². The van der Waals surface area contributed by atoms with Crippen molar-refractivity contribution in [2.75, 3.05) is 0 Å². The number of allylic oxidation sites excluding steroid dienone is 5. The maximum Gasteiger partial charge on any atom is 0.134 e. The van der Waals surface area contributed by atoms with Crippen LogP contribution in [0.5, 0.6) is 0 Å². The molecule has 0 aliphatic heterocycles. The Bertz CT molecular complexity index is 1080. The highest BCUT2D eigenvalue weighted by molar-refractivity contribution is 7.74. The molecule has 0 fully saturated rings. The van der Waals surface area contributed by atoms with Gasteiger partial charge in [0.05, 0.1) is 16.7 Å². The summed E-state index contributed by atoms with van der Waals surface area (Å²) in [7, 11) is -1.06. The fraction of sp³-hybridized carbons (Fsp3) is 0.167. The van der Waals surface area contributed by atoms with Crippen molar-refractivity contribution in [1.29, 1.82) is 0 Å². The standard InChI is InChI=1S/C24H19O3P/c1-16-8-4-6-10-22(16)28(23-11-7-5-9-17(23)2)24-18(3)12-19(13-25)20(14-26)21(24)15-27/h4-12,24H,1-3H3. The first-order valence-corrected chi connectivity index (χ1v) is 10.3. The van der Waals surface area contributed by atoms with Crippen LogP contribution in [0.4, 0.5) is 0 Å². The van der Waals surface area contributed by atoms with Gasteiger partial charge in [-0.15, -0.1) is 0 Å². The van der Waals surface area contributed by atoms with Gasteiger partial charge in [0.2, 0.25) is 0 Å². The largest absolute Gasteiger partial charge is 0.233 e. The minimum atomic E-state index is -1.06. The van der Waals surface area contributed by atoms with Crippen LogP contribution in [-0.2, 0) is 14.4 Å². The zero-order valence-corrected chi connectivity index (χ0v) is 16.8. The normalized spacial score (nSPS) is 16.4. The van der Waals surface area contributed by atoms with Crippen molar-refractivity contribution >= 4 is 36.4 Å². The SMILES string of the molecule is CC1=CC(=C=O)C(=C=O)C(=C=O)C1P(c1ccccc1C)c1ccccc1C. The number of rotatable bonds is 3. The van der Waals surface area contributed by atoms with Gasteiger partial charge in [-0.3, -0.25) is 0 Å². The van der Waals surface area contributed by atoms with Gasteiger partial charge in [-0.2, -0.15) is 0 Å². The van der Waals surface area contributed by atoms with Gasteiger partial charge in [-0.05, 0) is 56.5 Å². The van der Waals surface area contributed by atoms with E-state index in [0.717, 1.165) is 27.3 Å². The van der Waals surface area contributed by atoms with Crippen molar-refractivity contribution < 1.29 is 14.4 Å². The van der Waals surface area contributed by atoms with Crippen LogP contribution >= 0.6 is 7.92 Å². The zero-order chi connectivity index (χ0) is 20.3. The minimum Gasteiger partial charge on any atom is -0.233 e. The van der Waals surface area contributed by atoms with Crippen LogP contribution in [0, 0.1) is 13.8 Å². The Balaban J connectivity index is 2.37. The van der Waals surface area contributed by atoms with Crippen LogP contribution in [-0.4, -0.2) is 23.5 Å². The van der Waals surface area contributed by atoms with E-state index in [9.17, 15) is 14.4 Å². The smallest absolute Gasteiger partial charge is 0.134 e. The highest BCUT2D eigenvalue weighted by atomic mass is 31.1. The van der Waals surface area contributed by atoms with Crippen LogP contribution < -0.4 is 10.6 Å². The van der Waals surface area contributed by atoms with Crippen LogP contribution in [0.15, 0.2) is 76.9 Å². The highest BCUT2D eigenvalue weighted by Gasteiger charge is 2.37. The predicted octanol–water partition coefficient (Wildman–Crippen LogP) is 3.34.